The molecular formula is C15H17NO2S. The van der Waals surface area contributed by atoms with Crippen LogP contribution in [0.1, 0.15) is 26.4 Å². The Labute approximate surface area is 117 Å². The number of rotatable bonds is 5. The minimum absolute atomic E-state index is 0.441. The summed E-state index contributed by atoms with van der Waals surface area (Å²) in [6, 6.07) is 10.3. The van der Waals surface area contributed by atoms with Gasteiger partial charge in [-0.15, -0.1) is 11.3 Å². The number of thiophene rings is 1. The summed E-state index contributed by atoms with van der Waals surface area (Å²) in [6.07, 6.45) is 0. The first kappa shape index (κ1) is 13.8. The van der Waals surface area contributed by atoms with Gasteiger partial charge in [-0.05, 0) is 36.5 Å². The van der Waals surface area contributed by atoms with Gasteiger partial charge >= 0.3 is 5.97 Å². The van der Waals surface area contributed by atoms with Gasteiger partial charge in [-0.1, -0.05) is 29.8 Å². The van der Waals surface area contributed by atoms with Crippen molar-refractivity contribution in [2.75, 3.05) is 7.05 Å². The number of benzene rings is 1. The number of nitrogens with zero attached hydrogens (tertiary/aromatic N) is 1. The predicted octanol–water partition coefficient (Wildman–Crippen LogP) is 3.39. The third-order valence-electron chi connectivity index (χ3n) is 2.92. The molecule has 1 aromatic carbocycles. The number of hydrogen-bond donors (Lipinski definition) is 1. The first-order valence-electron chi connectivity index (χ1n) is 6.10. The third kappa shape index (κ3) is 3.66. The second-order valence-corrected chi connectivity index (χ2v) is 5.66. The number of aryl methyl sites for hydroxylation is 1. The van der Waals surface area contributed by atoms with E-state index in [1.807, 2.05) is 24.6 Å². The first-order chi connectivity index (χ1) is 9.06. The molecule has 0 spiro atoms. The Balaban J connectivity index is 2.03. The van der Waals surface area contributed by atoms with E-state index in [0.29, 0.717) is 11.4 Å². The fraction of sp³-hybridized carbons (Fsp3) is 0.267. The molecule has 0 aliphatic heterocycles. The zero-order valence-corrected chi connectivity index (χ0v) is 11.9. The molecule has 1 aromatic heterocycles. The van der Waals surface area contributed by atoms with E-state index < -0.39 is 5.97 Å². The predicted molar refractivity (Wildman–Crippen MR) is 77.6 cm³/mol. The number of carboxylic acids is 1. The van der Waals surface area contributed by atoms with Crippen LogP contribution in [0.2, 0.25) is 0 Å². The Morgan fingerprint density at radius 2 is 2.11 bits per heavy atom. The van der Waals surface area contributed by atoms with E-state index in [4.69, 9.17) is 5.11 Å². The van der Waals surface area contributed by atoms with E-state index in [1.165, 1.54) is 22.5 Å². The minimum Gasteiger partial charge on any atom is -0.477 e. The maximum absolute atomic E-state index is 11.1. The average Bonchev–Trinajstić information content (AvgIpc) is 2.76. The molecule has 0 aliphatic rings. The molecule has 3 nitrogen and oxygen atoms in total. The Bertz CT molecular complexity index is 577. The van der Waals surface area contributed by atoms with Crippen molar-refractivity contribution in [3.63, 3.8) is 0 Å². The first-order valence-corrected chi connectivity index (χ1v) is 6.98. The normalized spacial score (nSPS) is 10.9. The molecule has 1 N–H and O–H groups in total. The van der Waals surface area contributed by atoms with Crippen LogP contribution in [0.3, 0.4) is 0 Å². The van der Waals surface area contributed by atoms with Gasteiger partial charge in [0.2, 0.25) is 0 Å². The fourth-order valence-electron chi connectivity index (χ4n) is 2.12. The quantitative estimate of drug-likeness (QED) is 0.909. The second kappa shape index (κ2) is 5.99. The summed E-state index contributed by atoms with van der Waals surface area (Å²) >= 11 is 1.28. The molecule has 0 unspecified atom stereocenters. The number of carbonyl (C=O) groups is 1. The van der Waals surface area contributed by atoms with E-state index in [-0.39, 0.29) is 0 Å². The van der Waals surface area contributed by atoms with Crippen LogP contribution in [0, 0.1) is 6.92 Å². The lowest BCUT2D eigenvalue weighted by molar-refractivity contribution is 0.0700. The van der Waals surface area contributed by atoms with Gasteiger partial charge in [0, 0.05) is 13.1 Å². The highest BCUT2D eigenvalue weighted by molar-refractivity contribution is 7.12. The molecule has 19 heavy (non-hydrogen) atoms. The third-order valence-corrected chi connectivity index (χ3v) is 3.86. The lowest BCUT2D eigenvalue weighted by Crippen LogP contribution is -2.18. The largest absolute Gasteiger partial charge is 0.477 e. The van der Waals surface area contributed by atoms with Crippen molar-refractivity contribution in [3.05, 3.63) is 57.3 Å². The fourth-order valence-corrected chi connectivity index (χ4v) is 2.87. The standard InChI is InChI=1S/C15H17NO2S/c1-11-4-3-5-12(8-11)9-16(2)10-13-6-7-19-14(13)15(17)18/h3-8H,9-10H2,1-2H3,(H,17,18). The highest BCUT2D eigenvalue weighted by Crippen LogP contribution is 2.19. The van der Waals surface area contributed by atoms with Crippen LogP contribution < -0.4 is 0 Å². The van der Waals surface area contributed by atoms with Crippen LogP contribution >= 0.6 is 11.3 Å². The van der Waals surface area contributed by atoms with Crippen molar-refractivity contribution in [2.45, 2.75) is 20.0 Å². The van der Waals surface area contributed by atoms with Crippen LogP contribution in [0.4, 0.5) is 0 Å². The molecule has 0 atom stereocenters. The molecule has 2 rings (SSSR count). The van der Waals surface area contributed by atoms with Gasteiger partial charge in [0.25, 0.3) is 0 Å². The lowest BCUT2D eigenvalue weighted by atomic mass is 10.1. The van der Waals surface area contributed by atoms with Gasteiger partial charge in [-0.2, -0.15) is 0 Å². The van der Waals surface area contributed by atoms with Gasteiger partial charge in [0.15, 0.2) is 0 Å². The van der Waals surface area contributed by atoms with E-state index in [0.717, 1.165) is 12.1 Å². The van der Waals surface area contributed by atoms with Crippen molar-refractivity contribution < 1.29 is 9.90 Å². The van der Waals surface area contributed by atoms with Crippen molar-refractivity contribution in [1.29, 1.82) is 0 Å². The van der Waals surface area contributed by atoms with Gasteiger partial charge in [-0.25, -0.2) is 4.79 Å². The molecule has 0 amide bonds. The molecule has 0 aliphatic carbocycles. The SMILES string of the molecule is Cc1cccc(CN(C)Cc2ccsc2C(=O)O)c1. The second-order valence-electron chi connectivity index (χ2n) is 4.74. The smallest absolute Gasteiger partial charge is 0.346 e. The minimum atomic E-state index is -0.839. The maximum Gasteiger partial charge on any atom is 0.346 e. The van der Waals surface area contributed by atoms with Crippen LogP contribution in [0.5, 0.6) is 0 Å². The van der Waals surface area contributed by atoms with Gasteiger partial charge < -0.3 is 5.11 Å². The van der Waals surface area contributed by atoms with Gasteiger partial charge in [0.1, 0.15) is 4.88 Å². The summed E-state index contributed by atoms with van der Waals surface area (Å²) in [7, 11) is 2.01. The average molecular weight is 275 g/mol. The molecule has 2 aromatic rings. The molecule has 0 radical (unpaired) electrons. The summed E-state index contributed by atoms with van der Waals surface area (Å²) < 4.78 is 0. The molecule has 0 saturated carbocycles. The van der Waals surface area contributed by atoms with Crippen LogP contribution in [0.15, 0.2) is 35.7 Å². The van der Waals surface area contributed by atoms with Crippen LogP contribution in [-0.4, -0.2) is 23.0 Å². The van der Waals surface area contributed by atoms with Crippen molar-refractivity contribution in [2.24, 2.45) is 0 Å². The summed E-state index contributed by atoms with van der Waals surface area (Å²) in [5, 5.41) is 10.9. The van der Waals surface area contributed by atoms with Crippen LogP contribution in [0.25, 0.3) is 0 Å². The van der Waals surface area contributed by atoms with Gasteiger partial charge in [0.05, 0.1) is 0 Å². The summed E-state index contributed by atoms with van der Waals surface area (Å²) in [5.74, 6) is -0.839. The molecule has 0 saturated heterocycles. The van der Waals surface area contributed by atoms with Gasteiger partial charge in [-0.3, -0.25) is 4.90 Å². The molecule has 0 bridgehead atoms. The molecule has 4 heteroatoms. The van der Waals surface area contributed by atoms with E-state index in [1.54, 1.807) is 0 Å². The Hall–Kier alpha value is -1.65. The van der Waals surface area contributed by atoms with Crippen molar-refractivity contribution >= 4 is 17.3 Å². The van der Waals surface area contributed by atoms with Crippen molar-refractivity contribution in [3.8, 4) is 0 Å². The maximum atomic E-state index is 11.1. The molecular weight excluding hydrogens is 258 g/mol. The lowest BCUT2D eigenvalue weighted by Gasteiger charge is -2.16. The number of hydrogen-bond acceptors (Lipinski definition) is 3. The van der Waals surface area contributed by atoms with Crippen LogP contribution in [-0.2, 0) is 13.1 Å². The topological polar surface area (TPSA) is 40.5 Å². The number of aromatic carboxylic acids is 1. The van der Waals surface area contributed by atoms with E-state index >= 15 is 0 Å². The zero-order valence-electron chi connectivity index (χ0n) is 11.1. The zero-order chi connectivity index (χ0) is 13.8. The van der Waals surface area contributed by atoms with Crippen molar-refractivity contribution in [1.82, 2.24) is 4.90 Å². The van der Waals surface area contributed by atoms with E-state index in [2.05, 4.69) is 30.0 Å². The number of carboxylic acid groups (broad SMARTS) is 1. The molecule has 1 heterocycles. The molecule has 100 valence electrons. The Kier molecular flexibility index (Phi) is 4.35. The molecule has 0 fully saturated rings. The summed E-state index contributed by atoms with van der Waals surface area (Å²) in [4.78, 5) is 13.6. The van der Waals surface area contributed by atoms with E-state index in [9.17, 15) is 4.79 Å². The Morgan fingerprint density at radius 3 is 2.79 bits per heavy atom. The summed E-state index contributed by atoms with van der Waals surface area (Å²) in [5.41, 5.74) is 3.37. The highest BCUT2D eigenvalue weighted by atomic mass is 32.1. The summed E-state index contributed by atoms with van der Waals surface area (Å²) in [6.45, 7) is 3.54. The monoisotopic (exact) mass is 275 g/mol. The highest BCUT2D eigenvalue weighted by Gasteiger charge is 2.13. The Morgan fingerprint density at radius 1 is 1.32 bits per heavy atom.